The van der Waals surface area contributed by atoms with Crippen molar-refractivity contribution in [3.63, 3.8) is 0 Å². The van der Waals surface area contributed by atoms with E-state index in [0.717, 1.165) is 0 Å². The van der Waals surface area contributed by atoms with Gasteiger partial charge in [0.2, 0.25) is 0 Å². The van der Waals surface area contributed by atoms with Crippen molar-refractivity contribution >= 4 is 8.32 Å². The van der Waals surface area contributed by atoms with Crippen LogP contribution in [-0.2, 0) is 0 Å². The Morgan fingerprint density at radius 3 is 1.82 bits per heavy atom. The fraction of sp³-hybridized carbons (Fsp3) is 1.00. The van der Waals surface area contributed by atoms with Crippen LogP contribution in [0.25, 0.3) is 0 Å². The summed E-state index contributed by atoms with van der Waals surface area (Å²) >= 11 is 0. The van der Waals surface area contributed by atoms with Crippen LogP contribution in [0.15, 0.2) is 0 Å². The molecule has 0 aromatic heterocycles. The first-order valence-corrected chi connectivity index (χ1v) is 7.85. The van der Waals surface area contributed by atoms with Gasteiger partial charge in [-0.15, -0.1) is 0 Å². The van der Waals surface area contributed by atoms with Gasteiger partial charge in [0, 0.05) is 0 Å². The molecule has 0 bridgehead atoms. The highest BCUT2D eigenvalue weighted by molar-refractivity contribution is 6.71. The fourth-order valence-corrected chi connectivity index (χ4v) is 3.81. The Hall–Kier alpha value is 0.177. The average molecular weight is 172 g/mol. The topological polar surface area (TPSA) is 20.2 Å². The summed E-state index contributed by atoms with van der Waals surface area (Å²) in [6, 6.07) is 0. The second kappa shape index (κ2) is 3.72. The Kier molecular flexibility index (Phi) is 3.13. The lowest BCUT2D eigenvalue weighted by atomic mass is 10.2. The molecule has 0 aromatic carbocycles. The first-order chi connectivity index (χ1) is 5.11. The van der Waals surface area contributed by atoms with E-state index >= 15 is 0 Å². The van der Waals surface area contributed by atoms with Gasteiger partial charge in [-0.05, 0) is 18.6 Å². The molecule has 2 heteroatoms. The van der Waals surface area contributed by atoms with Crippen LogP contribution in [0.4, 0.5) is 0 Å². The van der Waals surface area contributed by atoms with Crippen molar-refractivity contribution < 1.29 is 4.80 Å². The van der Waals surface area contributed by atoms with E-state index in [9.17, 15) is 4.80 Å². The molecule has 0 unspecified atom stereocenters. The Morgan fingerprint density at radius 2 is 1.45 bits per heavy atom. The molecule has 1 saturated carbocycles. The van der Waals surface area contributed by atoms with Gasteiger partial charge in [-0.2, -0.15) is 0 Å². The van der Waals surface area contributed by atoms with E-state index in [0.29, 0.717) is 5.54 Å². The lowest BCUT2D eigenvalue weighted by Gasteiger charge is -2.25. The van der Waals surface area contributed by atoms with E-state index in [1.54, 1.807) is 0 Å². The summed E-state index contributed by atoms with van der Waals surface area (Å²) in [5.74, 6) is 0. The first kappa shape index (κ1) is 9.27. The van der Waals surface area contributed by atoms with Crippen LogP contribution < -0.4 is 0 Å². The second-order valence-corrected chi connectivity index (χ2v) is 8.47. The van der Waals surface area contributed by atoms with Gasteiger partial charge < -0.3 is 4.80 Å². The van der Waals surface area contributed by atoms with E-state index in [-0.39, 0.29) is 0 Å². The van der Waals surface area contributed by atoms with E-state index in [2.05, 4.69) is 13.1 Å². The second-order valence-electron chi connectivity index (χ2n) is 4.34. The molecule has 0 radical (unpaired) electrons. The molecule has 0 heterocycles. The van der Waals surface area contributed by atoms with Crippen LogP contribution in [-0.4, -0.2) is 13.1 Å². The normalized spacial score (nSPS) is 23.2. The summed E-state index contributed by atoms with van der Waals surface area (Å²) in [4.78, 5) is 9.91. The third-order valence-corrected chi connectivity index (χ3v) is 5.43. The zero-order valence-corrected chi connectivity index (χ0v) is 8.77. The van der Waals surface area contributed by atoms with Crippen LogP contribution in [0.2, 0.25) is 18.6 Å². The van der Waals surface area contributed by atoms with E-state index in [1.165, 1.54) is 38.5 Å². The molecule has 66 valence electrons. The molecule has 0 saturated heterocycles. The van der Waals surface area contributed by atoms with E-state index in [1.807, 2.05) is 0 Å². The largest absolute Gasteiger partial charge is 0.432 e. The summed E-state index contributed by atoms with van der Waals surface area (Å²) in [5, 5.41) is 0. The van der Waals surface area contributed by atoms with Crippen molar-refractivity contribution in [1.29, 1.82) is 0 Å². The Bertz CT molecular complexity index is 109. The smallest absolute Gasteiger partial charge is 0.185 e. The number of hydrogen-bond acceptors (Lipinski definition) is 1. The zero-order chi connectivity index (χ0) is 8.32. The molecule has 1 nitrogen and oxygen atoms in total. The Balaban J connectivity index is 2.43. The van der Waals surface area contributed by atoms with Crippen molar-refractivity contribution in [2.75, 3.05) is 0 Å². The molecule has 1 fully saturated rings. The monoisotopic (exact) mass is 172 g/mol. The van der Waals surface area contributed by atoms with Crippen LogP contribution in [0.1, 0.15) is 38.5 Å². The van der Waals surface area contributed by atoms with Crippen molar-refractivity contribution in [3.05, 3.63) is 0 Å². The van der Waals surface area contributed by atoms with Gasteiger partial charge in [-0.3, -0.25) is 0 Å². The van der Waals surface area contributed by atoms with E-state index in [4.69, 9.17) is 0 Å². The Labute approximate surface area is 71.0 Å². The van der Waals surface area contributed by atoms with Crippen molar-refractivity contribution in [2.45, 2.75) is 57.2 Å². The molecule has 0 amide bonds. The number of rotatable bonds is 1. The predicted octanol–water partition coefficient (Wildman–Crippen LogP) is 2.91. The van der Waals surface area contributed by atoms with Gasteiger partial charge >= 0.3 is 0 Å². The minimum atomic E-state index is -1.79. The quantitative estimate of drug-likeness (QED) is 0.476. The minimum Gasteiger partial charge on any atom is -0.432 e. The van der Waals surface area contributed by atoms with Crippen molar-refractivity contribution in [2.24, 2.45) is 0 Å². The van der Waals surface area contributed by atoms with Gasteiger partial charge in [0.15, 0.2) is 8.32 Å². The molecule has 1 rings (SSSR count). The lowest BCUT2D eigenvalue weighted by Crippen LogP contribution is -2.32. The molecule has 1 aliphatic carbocycles. The maximum atomic E-state index is 9.91. The molecule has 0 atom stereocenters. The SMILES string of the molecule is C[Si](C)(O)C1CCCCCC1. The molecule has 0 aromatic rings. The van der Waals surface area contributed by atoms with Crippen LogP contribution in [0.5, 0.6) is 0 Å². The van der Waals surface area contributed by atoms with E-state index < -0.39 is 8.32 Å². The highest BCUT2D eigenvalue weighted by atomic mass is 28.4. The lowest BCUT2D eigenvalue weighted by molar-refractivity contribution is 0.498. The summed E-state index contributed by atoms with van der Waals surface area (Å²) < 4.78 is 0. The summed E-state index contributed by atoms with van der Waals surface area (Å²) in [6.07, 6.45) is 8.05. The van der Waals surface area contributed by atoms with Gasteiger partial charge in [0.25, 0.3) is 0 Å². The highest BCUT2D eigenvalue weighted by Gasteiger charge is 2.29. The van der Waals surface area contributed by atoms with Gasteiger partial charge in [-0.25, -0.2) is 0 Å². The van der Waals surface area contributed by atoms with Crippen molar-refractivity contribution in [3.8, 4) is 0 Å². The minimum absolute atomic E-state index is 0.685. The van der Waals surface area contributed by atoms with Gasteiger partial charge in [0.05, 0.1) is 0 Å². The summed E-state index contributed by atoms with van der Waals surface area (Å²) in [6.45, 7) is 4.17. The molecule has 11 heavy (non-hydrogen) atoms. The molecule has 1 aliphatic rings. The summed E-state index contributed by atoms with van der Waals surface area (Å²) in [7, 11) is -1.79. The first-order valence-electron chi connectivity index (χ1n) is 4.83. The van der Waals surface area contributed by atoms with Crippen molar-refractivity contribution in [1.82, 2.24) is 0 Å². The molecule has 0 aliphatic heterocycles. The van der Waals surface area contributed by atoms with Crippen LogP contribution >= 0.6 is 0 Å². The highest BCUT2D eigenvalue weighted by Crippen LogP contribution is 2.34. The standard InChI is InChI=1S/C9H20OSi/c1-11(2,10)9-7-5-3-4-6-8-9/h9-10H,3-8H2,1-2H3. The maximum Gasteiger partial charge on any atom is 0.185 e. The van der Waals surface area contributed by atoms with Gasteiger partial charge in [0.1, 0.15) is 0 Å². The molecular weight excluding hydrogens is 152 g/mol. The maximum absolute atomic E-state index is 9.91. The van der Waals surface area contributed by atoms with Crippen LogP contribution in [0.3, 0.4) is 0 Å². The average Bonchev–Trinajstić information content (AvgIpc) is 2.10. The molecule has 1 N–H and O–H groups in total. The zero-order valence-electron chi connectivity index (χ0n) is 7.77. The third-order valence-electron chi connectivity index (χ3n) is 2.85. The van der Waals surface area contributed by atoms with Crippen LogP contribution in [0, 0.1) is 0 Å². The molecule has 0 spiro atoms. The summed E-state index contributed by atoms with van der Waals surface area (Å²) in [5.41, 5.74) is 0.685. The van der Waals surface area contributed by atoms with Gasteiger partial charge in [-0.1, -0.05) is 38.5 Å². The third kappa shape index (κ3) is 2.95. The number of hydrogen-bond donors (Lipinski definition) is 1. The molecular formula is C9H20OSi. The predicted molar refractivity (Wildman–Crippen MR) is 51.2 cm³/mol. The Morgan fingerprint density at radius 1 is 1.00 bits per heavy atom. The fourth-order valence-electron chi connectivity index (χ4n) is 1.99.